The number of nitrogens with one attached hydrogen (secondary N) is 3. The zero-order valence-corrected chi connectivity index (χ0v) is 17.2. The molecule has 0 aliphatic carbocycles. The monoisotopic (exact) mass is 392 g/mol. The van der Waals surface area contributed by atoms with Gasteiger partial charge in [0.15, 0.2) is 0 Å². The molecule has 2 aromatic carbocycles. The standard InChI is InChI=1S/C23H28N4O2/c1-4-27-20-8-6-5-7-18(20)15(2)23(27)19-14-21(26-25-19)24-22(28)13-16-9-11-17(29-3)12-10-16/h5-12,19,21,25-26H,4,13-14H2,1-3H3,(H,24,28). The van der Waals surface area contributed by atoms with E-state index >= 15 is 0 Å². The lowest BCUT2D eigenvalue weighted by molar-refractivity contribution is -0.121. The molecule has 0 saturated carbocycles. The van der Waals surface area contributed by atoms with Gasteiger partial charge in [0.1, 0.15) is 5.75 Å². The number of amides is 1. The maximum Gasteiger partial charge on any atom is 0.225 e. The van der Waals surface area contributed by atoms with Gasteiger partial charge >= 0.3 is 0 Å². The van der Waals surface area contributed by atoms with Crippen LogP contribution in [0.4, 0.5) is 0 Å². The summed E-state index contributed by atoms with van der Waals surface area (Å²) in [4.78, 5) is 12.5. The number of hydrogen-bond donors (Lipinski definition) is 3. The van der Waals surface area contributed by atoms with E-state index in [2.05, 4.69) is 58.8 Å². The Bertz CT molecular complexity index is 1010. The van der Waals surface area contributed by atoms with Crippen molar-refractivity contribution in [2.24, 2.45) is 0 Å². The Morgan fingerprint density at radius 2 is 1.93 bits per heavy atom. The Hall–Kier alpha value is -2.83. The number of hydrazine groups is 1. The molecule has 4 rings (SSSR count). The highest BCUT2D eigenvalue weighted by atomic mass is 16.5. The molecule has 0 spiro atoms. The van der Waals surface area contributed by atoms with Crippen molar-refractivity contribution in [2.45, 2.75) is 45.4 Å². The Morgan fingerprint density at radius 3 is 2.66 bits per heavy atom. The number of methoxy groups -OCH3 is 1. The van der Waals surface area contributed by atoms with E-state index in [4.69, 9.17) is 4.74 Å². The maximum absolute atomic E-state index is 12.5. The normalized spacial score (nSPS) is 18.9. The minimum Gasteiger partial charge on any atom is -0.497 e. The van der Waals surface area contributed by atoms with Gasteiger partial charge in [-0.05, 0) is 43.2 Å². The van der Waals surface area contributed by atoms with Crippen LogP contribution in [0, 0.1) is 6.92 Å². The van der Waals surface area contributed by atoms with Gasteiger partial charge in [-0.15, -0.1) is 0 Å². The van der Waals surface area contributed by atoms with Crippen LogP contribution in [0.25, 0.3) is 10.9 Å². The number of fused-ring (bicyclic) bond motifs is 1. The first-order valence-electron chi connectivity index (χ1n) is 10.1. The summed E-state index contributed by atoms with van der Waals surface area (Å²) in [6.45, 7) is 5.27. The molecule has 1 aromatic heterocycles. The summed E-state index contributed by atoms with van der Waals surface area (Å²) < 4.78 is 7.53. The highest BCUT2D eigenvalue weighted by molar-refractivity contribution is 5.85. The maximum atomic E-state index is 12.5. The predicted molar refractivity (Wildman–Crippen MR) is 115 cm³/mol. The van der Waals surface area contributed by atoms with Crippen LogP contribution in [0.1, 0.15) is 36.2 Å². The van der Waals surface area contributed by atoms with Gasteiger partial charge in [0.2, 0.25) is 5.91 Å². The first-order chi connectivity index (χ1) is 14.1. The fourth-order valence-corrected chi connectivity index (χ4v) is 4.29. The SMILES string of the molecule is CCn1c(C2CC(NC(=O)Cc3ccc(OC)cc3)NN2)c(C)c2ccccc21. The molecule has 0 bridgehead atoms. The summed E-state index contributed by atoms with van der Waals surface area (Å²) in [7, 11) is 1.64. The number of carbonyl (C=O) groups excluding carboxylic acids is 1. The lowest BCUT2D eigenvalue weighted by Gasteiger charge is -2.15. The van der Waals surface area contributed by atoms with Crippen LogP contribution >= 0.6 is 0 Å². The van der Waals surface area contributed by atoms with Gasteiger partial charge in [0.25, 0.3) is 0 Å². The fourth-order valence-electron chi connectivity index (χ4n) is 4.29. The molecule has 2 unspecified atom stereocenters. The third-order valence-corrected chi connectivity index (χ3v) is 5.68. The van der Waals surface area contributed by atoms with Gasteiger partial charge in [-0.3, -0.25) is 4.79 Å². The highest BCUT2D eigenvalue weighted by Gasteiger charge is 2.30. The summed E-state index contributed by atoms with van der Waals surface area (Å²) in [5.74, 6) is 0.795. The first kappa shape index (κ1) is 19.5. The molecular formula is C23H28N4O2. The molecular weight excluding hydrogens is 364 g/mol. The number of aryl methyl sites for hydroxylation is 2. The number of benzene rings is 2. The van der Waals surface area contributed by atoms with Gasteiger partial charge in [-0.25, -0.2) is 10.9 Å². The number of carbonyl (C=O) groups is 1. The summed E-state index contributed by atoms with van der Waals surface area (Å²) in [6, 6.07) is 16.3. The molecule has 1 aliphatic rings. The Morgan fingerprint density at radius 1 is 1.17 bits per heavy atom. The van der Waals surface area contributed by atoms with E-state index in [9.17, 15) is 4.79 Å². The molecule has 1 saturated heterocycles. The minimum absolute atomic E-state index is 0.00266. The average Bonchev–Trinajstić information content (AvgIpc) is 3.30. The van der Waals surface area contributed by atoms with E-state index in [0.29, 0.717) is 6.42 Å². The Kier molecular flexibility index (Phi) is 5.56. The van der Waals surface area contributed by atoms with E-state index in [1.165, 1.54) is 22.2 Å². The smallest absolute Gasteiger partial charge is 0.225 e. The third kappa shape index (κ3) is 3.86. The minimum atomic E-state index is -0.103. The predicted octanol–water partition coefficient (Wildman–Crippen LogP) is 3.20. The highest BCUT2D eigenvalue weighted by Crippen LogP contribution is 2.32. The molecule has 29 heavy (non-hydrogen) atoms. The molecule has 3 N–H and O–H groups in total. The van der Waals surface area contributed by atoms with Crippen LogP contribution in [-0.4, -0.2) is 23.7 Å². The van der Waals surface area contributed by atoms with E-state index in [1.54, 1.807) is 7.11 Å². The molecule has 1 aliphatic heterocycles. The molecule has 2 heterocycles. The molecule has 6 nitrogen and oxygen atoms in total. The number of hydrogen-bond acceptors (Lipinski definition) is 4. The van der Waals surface area contributed by atoms with E-state index in [-0.39, 0.29) is 18.1 Å². The molecule has 1 amide bonds. The second kappa shape index (κ2) is 8.27. The van der Waals surface area contributed by atoms with Gasteiger partial charge in [0, 0.05) is 29.6 Å². The quantitative estimate of drug-likeness (QED) is 0.603. The molecule has 0 radical (unpaired) electrons. The van der Waals surface area contributed by atoms with E-state index in [1.807, 2.05) is 24.3 Å². The van der Waals surface area contributed by atoms with Crippen LogP contribution in [0.5, 0.6) is 5.75 Å². The second-order valence-corrected chi connectivity index (χ2v) is 7.49. The molecule has 2 atom stereocenters. The summed E-state index contributed by atoms with van der Waals surface area (Å²) in [6.07, 6.45) is 1.04. The third-order valence-electron chi connectivity index (χ3n) is 5.68. The van der Waals surface area contributed by atoms with Crippen LogP contribution < -0.4 is 20.9 Å². The van der Waals surface area contributed by atoms with Crippen LogP contribution in [0.3, 0.4) is 0 Å². The fraction of sp³-hybridized carbons (Fsp3) is 0.348. The zero-order valence-electron chi connectivity index (χ0n) is 17.2. The van der Waals surface area contributed by atoms with Crippen molar-refractivity contribution in [1.82, 2.24) is 20.7 Å². The van der Waals surface area contributed by atoms with Crippen molar-refractivity contribution in [3.63, 3.8) is 0 Å². The molecule has 3 aromatic rings. The lowest BCUT2D eigenvalue weighted by Crippen LogP contribution is -2.44. The van der Waals surface area contributed by atoms with E-state index in [0.717, 1.165) is 24.3 Å². The van der Waals surface area contributed by atoms with Crippen molar-refractivity contribution in [3.05, 3.63) is 65.4 Å². The number of nitrogens with zero attached hydrogens (tertiary/aromatic N) is 1. The van der Waals surface area contributed by atoms with E-state index < -0.39 is 0 Å². The van der Waals surface area contributed by atoms with Gasteiger partial charge in [-0.2, -0.15) is 0 Å². The Balaban J connectivity index is 1.43. The van der Waals surface area contributed by atoms with Crippen molar-refractivity contribution in [1.29, 1.82) is 0 Å². The van der Waals surface area contributed by atoms with Crippen LogP contribution in [0.15, 0.2) is 48.5 Å². The number of para-hydroxylation sites is 1. The van der Waals surface area contributed by atoms with Crippen molar-refractivity contribution >= 4 is 16.8 Å². The summed E-state index contributed by atoms with van der Waals surface area (Å²) in [5.41, 5.74) is 11.4. The van der Waals surface area contributed by atoms with Crippen LogP contribution in [-0.2, 0) is 17.8 Å². The van der Waals surface area contributed by atoms with Gasteiger partial charge in [0.05, 0.1) is 25.7 Å². The van der Waals surface area contributed by atoms with Crippen molar-refractivity contribution < 1.29 is 9.53 Å². The molecule has 1 fully saturated rings. The second-order valence-electron chi connectivity index (χ2n) is 7.49. The van der Waals surface area contributed by atoms with Crippen molar-refractivity contribution in [3.8, 4) is 5.75 Å². The molecule has 6 heteroatoms. The first-order valence-corrected chi connectivity index (χ1v) is 10.1. The number of ether oxygens (including phenoxy) is 1. The summed E-state index contributed by atoms with van der Waals surface area (Å²) in [5, 5.41) is 4.38. The lowest BCUT2D eigenvalue weighted by atomic mass is 10.1. The summed E-state index contributed by atoms with van der Waals surface area (Å²) >= 11 is 0. The topological polar surface area (TPSA) is 67.3 Å². The number of rotatable bonds is 6. The van der Waals surface area contributed by atoms with Crippen LogP contribution in [0.2, 0.25) is 0 Å². The Labute approximate surface area is 171 Å². The zero-order chi connectivity index (χ0) is 20.4. The van der Waals surface area contributed by atoms with Gasteiger partial charge in [-0.1, -0.05) is 30.3 Å². The number of aromatic nitrogens is 1. The molecule has 152 valence electrons. The average molecular weight is 393 g/mol. The largest absolute Gasteiger partial charge is 0.497 e. The van der Waals surface area contributed by atoms with Crippen molar-refractivity contribution in [2.75, 3.05) is 7.11 Å². The van der Waals surface area contributed by atoms with Gasteiger partial charge < -0.3 is 14.6 Å².